The van der Waals surface area contributed by atoms with Crippen LogP contribution in [0.4, 0.5) is 17.1 Å². The summed E-state index contributed by atoms with van der Waals surface area (Å²) in [5.41, 5.74) is 3.99. The van der Waals surface area contributed by atoms with Crippen LogP contribution < -0.4 is 0 Å². The number of phenolic OH excluding ortho intramolecular Hbond substituents is 1. The summed E-state index contributed by atoms with van der Waals surface area (Å²) in [6.45, 7) is 11.3. The van der Waals surface area contributed by atoms with Crippen LogP contribution in [0.2, 0.25) is 0 Å². The molecule has 2 unspecified atom stereocenters. The van der Waals surface area contributed by atoms with E-state index in [1.165, 1.54) is 30.1 Å². The van der Waals surface area contributed by atoms with Gasteiger partial charge in [-0.25, -0.2) is 4.79 Å². The van der Waals surface area contributed by atoms with Gasteiger partial charge in [0, 0.05) is 33.9 Å². The number of carbonyl (C=O) groups is 1. The number of phenols is 1. The number of aromatic nitrogens is 3. The summed E-state index contributed by atoms with van der Waals surface area (Å²) < 4.78 is 106. The molecular weight excluding hydrogens is 1000 g/mol. The van der Waals surface area contributed by atoms with E-state index in [0.717, 1.165) is 17.7 Å². The summed E-state index contributed by atoms with van der Waals surface area (Å²) in [5.74, 6) is -1.37. The molecule has 0 saturated carbocycles. The van der Waals surface area contributed by atoms with Gasteiger partial charge in [0.15, 0.2) is 5.75 Å². The second kappa shape index (κ2) is 20.0. The third kappa shape index (κ3) is 11.1. The molecule has 5 N–H and O–H groups in total. The highest BCUT2D eigenvalue weighted by Crippen LogP contribution is 2.42. The Morgan fingerprint density at radius 2 is 1.56 bits per heavy atom. The van der Waals surface area contributed by atoms with E-state index in [2.05, 4.69) is 60.1 Å². The lowest BCUT2D eigenvalue weighted by molar-refractivity contribution is -0.132. The highest BCUT2D eigenvalue weighted by molar-refractivity contribution is 7.87. The topological polar surface area (TPSA) is 335 Å². The quantitative estimate of drug-likeness (QED) is 0.0227. The average Bonchev–Trinajstić information content (AvgIpc) is 3.75. The molecule has 0 fully saturated rings. The molecule has 370 valence electrons. The predicted octanol–water partition coefficient (Wildman–Crippen LogP) is 9.94. The third-order valence-corrected chi connectivity index (χ3v) is 14.6. The molecule has 26 heteroatoms. The molecule has 0 amide bonds. The molecule has 5 aromatic carbocycles. The largest absolute Gasteiger partial charge is 0.505 e. The molecule has 1 aliphatic carbocycles. The lowest BCUT2D eigenvalue weighted by Crippen LogP contribution is -2.23. The highest BCUT2D eigenvalue weighted by atomic mass is 32.2. The predicted molar refractivity (Wildman–Crippen MR) is 263 cm³/mol. The number of aromatic hydroxyl groups is 1. The molecule has 71 heavy (non-hydrogen) atoms. The minimum absolute atomic E-state index is 0.0229. The van der Waals surface area contributed by atoms with Gasteiger partial charge < -0.3 is 14.9 Å². The first kappa shape index (κ1) is 51.8. The van der Waals surface area contributed by atoms with E-state index in [1.807, 2.05) is 13.8 Å². The van der Waals surface area contributed by atoms with Crippen LogP contribution in [0.3, 0.4) is 0 Å². The van der Waals surface area contributed by atoms with Gasteiger partial charge in [-0.3, -0.25) is 13.7 Å². The van der Waals surface area contributed by atoms with Gasteiger partial charge >= 0.3 is 5.97 Å². The fraction of sp³-hybridized carbons (Fsp3) is 0.222. The van der Waals surface area contributed by atoms with Crippen molar-refractivity contribution in [2.75, 3.05) is 7.11 Å². The molecule has 0 saturated heterocycles. The maximum absolute atomic E-state index is 12.2. The molecule has 22 nitrogen and oxygen atoms in total. The van der Waals surface area contributed by atoms with Crippen LogP contribution in [0.15, 0.2) is 153 Å². The number of hydrogen-bond donors (Lipinski definition) is 6. The number of fused-ring (bicyclic) bond motifs is 4. The molecule has 1 aromatic heterocycles. The molecule has 1 aliphatic rings. The molecule has 2 atom stereocenters. The second-order valence-corrected chi connectivity index (χ2v) is 21.1. The summed E-state index contributed by atoms with van der Waals surface area (Å²) >= 11 is 4.60. The van der Waals surface area contributed by atoms with Gasteiger partial charge in [-0.1, -0.05) is 25.6 Å². The fourth-order valence-electron chi connectivity index (χ4n) is 7.54. The Bertz CT molecular complexity index is 3790. The van der Waals surface area contributed by atoms with E-state index in [1.54, 1.807) is 50.2 Å². The van der Waals surface area contributed by atoms with Crippen molar-refractivity contribution in [3.63, 3.8) is 0 Å². The van der Waals surface area contributed by atoms with E-state index in [-0.39, 0.29) is 61.6 Å². The Kier molecular flexibility index (Phi) is 14.6. The summed E-state index contributed by atoms with van der Waals surface area (Å²) in [7, 11) is -12.9. The van der Waals surface area contributed by atoms with Gasteiger partial charge in [0.2, 0.25) is 0 Å². The minimum atomic E-state index is -4.94. The Balaban J connectivity index is 1.12. The van der Waals surface area contributed by atoms with E-state index >= 15 is 0 Å². The van der Waals surface area contributed by atoms with Crippen LogP contribution in [0.25, 0.3) is 38.3 Å². The van der Waals surface area contributed by atoms with E-state index < -0.39 is 63.8 Å². The van der Waals surface area contributed by atoms with Gasteiger partial charge in [-0.2, -0.15) is 60.7 Å². The first-order chi connectivity index (χ1) is 33.3. The van der Waals surface area contributed by atoms with Gasteiger partial charge in [0.25, 0.3) is 30.4 Å². The first-order valence-electron chi connectivity index (χ1n) is 20.9. The molecule has 0 radical (unpaired) electrons. The molecule has 0 bridgehead atoms. The van der Waals surface area contributed by atoms with Crippen molar-refractivity contribution in [2.45, 2.75) is 72.9 Å². The van der Waals surface area contributed by atoms with Gasteiger partial charge in [0.1, 0.15) is 38.7 Å². The van der Waals surface area contributed by atoms with Crippen molar-refractivity contribution in [2.24, 2.45) is 30.7 Å². The van der Waals surface area contributed by atoms with Crippen LogP contribution in [0.1, 0.15) is 44.2 Å². The number of benzene rings is 5. The maximum Gasteiger partial charge on any atom is 0.333 e. The number of thiol groups is 1. The third-order valence-electron chi connectivity index (χ3n) is 11.4. The molecule has 7 rings (SSSR count). The first-order valence-corrected chi connectivity index (χ1v) is 25.8. The van der Waals surface area contributed by atoms with E-state index in [0.29, 0.717) is 57.1 Å². The normalized spacial score (nSPS) is 15.8. The van der Waals surface area contributed by atoms with Crippen LogP contribution >= 0.6 is 12.6 Å². The number of methoxy groups -OCH3 is 1. The molecular formula is C45H43N9O13S4. The van der Waals surface area contributed by atoms with Crippen LogP contribution in [0.5, 0.6) is 5.75 Å². The number of ether oxygens (including phenoxy) is 1. The van der Waals surface area contributed by atoms with Gasteiger partial charge in [0.05, 0.1) is 46.0 Å². The minimum Gasteiger partial charge on any atom is -0.505 e. The lowest BCUT2D eigenvalue weighted by atomic mass is 10.0. The fourth-order valence-corrected chi connectivity index (χ4v) is 9.83. The standard InChI is InChI=1S/C45H43N9O13S4/c1-7-34(46-48-37-14-24(4)38(15-23(37)3)49-47-35-12-9-28(69(58,59)60)19-33(35)45(56)57)22(2)16-39(25(5)67-6)50-51-43-40(68)18-26-17-27(8-10-30(26)44(43)55)54-52-36-13-11-31-32(42(36)53-54)20-29(70(61,62)63)21-41(31)71(64,65)66/h8-15,17-18,20-21,28,39,55,68H,5,7,16,19H2,1-4,6H3,(H,56,57)(H,58,59,60)(H,61,62,63)(H,64,65,66)/b34-22+,48-46?,49-47?,51-50?. The number of aliphatic carboxylic acids is 1. The summed E-state index contributed by atoms with van der Waals surface area (Å²) in [4.78, 5) is 11.8. The number of rotatable bonds is 16. The van der Waals surface area contributed by atoms with Crippen molar-refractivity contribution < 1.29 is 58.7 Å². The smallest absolute Gasteiger partial charge is 0.333 e. The summed E-state index contributed by atoms with van der Waals surface area (Å²) in [6.07, 6.45) is 2.60. The van der Waals surface area contributed by atoms with Gasteiger partial charge in [-0.05, 0) is 110 Å². The highest BCUT2D eigenvalue weighted by Gasteiger charge is 2.30. The Morgan fingerprint density at radius 1 is 0.887 bits per heavy atom. The van der Waals surface area contributed by atoms with Crippen molar-refractivity contribution in [1.82, 2.24) is 15.0 Å². The number of aryl methyl sites for hydroxylation is 2. The van der Waals surface area contributed by atoms with E-state index in [4.69, 9.17) is 4.74 Å². The Morgan fingerprint density at radius 3 is 2.18 bits per heavy atom. The van der Waals surface area contributed by atoms with Crippen LogP contribution in [-0.4, -0.2) is 88.5 Å². The SMILES string of the molecule is C=C(OC)C(C/C(C)=C(\CC)N=Nc1cc(C)c(N=NC2=C(C(=O)O)CC(S(=O)(=O)O)C=C2)cc1C)N=Nc1c(S)cc2cc(-n3nc4ccc5c(S(=O)(=O)O)cc(S(=O)(=O)O)cc5c4n3)ccc2c1O. The lowest BCUT2D eigenvalue weighted by Gasteiger charge is -2.15. The maximum atomic E-state index is 12.2. The summed E-state index contributed by atoms with van der Waals surface area (Å²) in [6, 6.07) is 13.6. The monoisotopic (exact) mass is 1050 g/mol. The number of allylic oxidation sites excluding steroid dienone is 2. The van der Waals surface area contributed by atoms with Crippen molar-refractivity contribution in [1.29, 1.82) is 0 Å². The second-order valence-electron chi connectivity index (χ2n) is 16.2. The Hall–Kier alpha value is -7.07. The molecule has 0 aliphatic heterocycles. The zero-order valence-electron chi connectivity index (χ0n) is 38.1. The summed E-state index contributed by atoms with van der Waals surface area (Å²) in [5, 5.41) is 55.6. The number of nitrogens with zero attached hydrogens (tertiary/aromatic N) is 9. The Labute approximate surface area is 411 Å². The zero-order valence-corrected chi connectivity index (χ0v) is 41.5. The van der Waals surface area contributed by atoms with Crippen molar-refractivity contribution in [3.8, 4) is 11.4 Å². The molecule has 6 aromatic rings. The number of hydrogen-bond acceptors (Lipinski definition) is 18. The number of carboxylic acids is 1. The zero-order chi connectivity index (χ0) is 51.9. The average molecular weight is 1050 g/mol. The van der Waals surface area contributed by atoms with Crippen molar-refractivity contribution in [3.05, 3.63) is 119 Å². The van der Waals surface area contributed by atoms with E-state index in [9.17, 15) is 53.9 Å². The van der Waals surface area contributed by atoms with Crippen LogP contribution in [0, 0.1) is 13.8 Å². The number of carboxylic acid groups (broad SMARTS) is 1. The molecule has 0 spiro atoms. The molecule has 1 heterocycles. The number of azo groups is 3. The van der Waals surface area contributed by atoms with Crippen LogP contribution in [-0.2, 0) is 39.9 Å². The van der Waals surface area contributed by atoms with Gasteiger partial charge in [-0.15, -0.1) is 22.8 Å². The van der Waals surface area contributed by atoms with Crippen molar-refractivity contribution >= 4 is 98.6 Å².